The highest BCUT2D eigenvalue weighted by atomic mass is 35.5. The van der Waals surface area contributed by atoms with Crippen LogP contribution in [0.25, 0.3) is 0 Å². The van der Waals surface area contributed by atoms with Crippen LogP contribution in [0.2, 0.25) is 5.02 Å². The second-order valence-corrected chi connectivity index (χ2v) is 6.75. The van der Waals surface area contributed by atoms with Crippen molar-refractivity contribution in [3.8, 4) is 5.75 Å². The number of ether oxygens (including phenoxy) is 1. The van der Waals surface area contributed by atoms with Gasteiger partial charge in [-0.25, -0.2) is 0 Å². The predicted molar refractivity (Wildman–Crippen MR) is 84.0 cm³/mol. The lowest BCUT2D eigenvalue weighted by Gasteiger charge is -2.33. The van der Waals surface area contributed by atoms with Crippen LogP contribution in [0.3, 0.4) is 0 Å². The van der Waals surface area contributed by atoms with Crippen LogP contribution in [0, 0.1) is 6.92 Å². The summed E-state index contributed by atoms with van der Waals surface area (Å²) >= 11 is 6.69. The third kappa shape index (κ3) is 2.05. The van der Waals surface area contributed by atoms with Gasteiger partial charge in [0.2, 0.25) is 0 Å². The van der Waals surface area contributed by atoms with Crippen LogP contribution in [-0.2, 0) is 18.4 Å². The van der Waals surface area contributed by atoms with Crippen LogP contribution in [0.4, 0.5) is 0 Å². The maximum Gasteiger partial charge on any atom is 0.143 e. The molecule has 0 amide bonds. The Hall–Kier alpha value is -0.730. The van der Waals surface area contributed by atoms with E-state index in [-0.39, 0.29) is 5.54 Å². The topological polar surface area (TPSA) is 21.3 Å². The molecule has 110 valence electrons. The molecule has 3 rings (SSSR count). The van der Waals surface area contributed by atoms with Gasteiger partial charge in [-0.3, -0.25) is 0 Å². The fourth-order valence-electron chi connectivity index (χ4n) is 4.09. The molecule has 2 nitrogen and oxygen atoms in total. The molecule has 0 radical (unpaired) electrons. The minimum absolute atomic E-state index is 0.00550. The SMILES string of the molecule is COc1c(Cl)c2c(c(C)c1C1(C)CCCN1)CCCC2. The quantitative estimate of drug-likeness (QED) is 0.885. The van der Waals surface area contributed by atoms with Gasteiger partial charge in [-0.15, -0.1) is 0 Å². The van der Waals surface area contributed by atoms with Crippen LogP contribution >= 0.6 is 11.6 Å². The number of benzene rings is 1. The van der Waals surface area contributed by atoms with E-state index >= 15 is 0 Å². The molecule has 1 aliphatic heterocycles. The van der Waals surface area contributed by atoms with E-state index in [4.69, 9.17) is 16.3 Å². The summed E-state index contributed by atoms with van der Waals surface area (Å²) in [5, 5.41) is 4.52. The second-order valence-electron chi connectivity index (χ2n) is 6.37. The van der Waals surface area contributed by atoms with Crippen LogP contribution in [0.1, 0.15) is 54.9 Å². The third-order valence-electron chi connectivity index (χ3n) is 5.11. The summed E-state index contributed by atoms with van der Waals surface area (Å²) in [4.78, 5) is 0. The summed E-state index contributed by atoms with van der Waals surface area (Å²) in [5.41, 5.74) is 5.51. The van der Waals surface area contributed by atoms with E-state index in [1.54, 1.807) is 7.11 Å². The maximum atomic E-state index is 6.69. The molecule has 1 heterocycles. The molecular formula is C17H24ClNO. The van der Waals surface area contributed by atoms with Crippen LogP contribution in [0.15, 0.2) is 0 Å². The van der Waals surface area contributed by atoms with Gasteiger partial charge in [0.15, 0.2) is 0 Å². The minimum atomic E-state index is 0.00550. The van der Waals surface area contributed by atoms with E-state index in [1.165, 1.54) is 41.5 Å². The molecular weight excluding hydrogens is 270 g/mol. The van der Waals surface area contributed by atoms with Crippen molar-refractivity contribution in [1.82, 2.24) is 5.32 Å². The summed E-state index contributed by atoms with van der Waals surface area (Å²) in [6.07, 6.45) is 7.14. The van der Waals surface area contributed by atoms with E-state index in [2.05, 4.69) is 19.2 Å². The molecule has 1 unspecified atom stereocenters. The number of halogens is 1. The normalized spacial score (nSPS) is 25.6. The molecule has 0 spiro atoms. The van der Waals surface area contributed by atoms with Crippen molar-refractivity contribution >= 4 is 11.6 Å². The number of rotatable bonds is 2. The number of hydrogen-bond acceptors (Lipinski definition) is 2. The molecule has 0 aromatic heterocycles. The average molecular weight is 294 g/mol. The number of fused-ring (bicyclic) bond motifs is 1. The second kappa shape index (κ2) is 5.23. The Balaban J connectivity index is 2.25. The van der Waals surface area contributed by atoms with Gasteiger partial charge in [0, 0.05) is 11.1 Å². The Kier molecular flexibility index (Phi) is 3.72. The zero-order chi connectivity index (χ0) is 14.3. The van der Waals surface area contributed by atoms with Crippen LogP contribution in [0.5, 0.6) is 5.75 Å². The largest absolute Gasteiger partial charge is 0.495 e. The number of nitrogens with one attached hydrogen (secondary N) is 1. The third-order valence-corrected chi connectivity index (χ3v) is 5.51. The smallest absolute Gasteiger partial charge is 0.143 e. The van der Waals surface area contributed by atoms with E-state index in [0.717, 1.165) is 36.6 Å². The fourth-order valence-corrected chi connectivity index (χ4v) is 4.47. The Bertz CT molecular complexity index is 533. The van der Waals surface area contributed by atoms with E-state index < -0.39 is 0 Å². The first-order chi connectivity index (χ1) is 9.58. The highest BCUT2D eigenvalue weighted by molar-refractivity contribution is 6.33. The molecule has 3 heteroatoms. The highest BCUT2D eigenvalue weighted by Gasteiger charge is 2.37. The van der Waals surface area contributed by atoms with E-state index in [1.807, 2.05) is 0 Å². The summed E-state index contributed by atoms with van der Waals surface area (Å²) in [6, 6.07) is 0. The van der Waals surface area contributed by atoms with E-state index in [0.29, 0.717) is 0 Å². The minimum Gasteiger partial charge on any atom is -0.495 e. The van der Waals surface area contributed by atoms with Crippen molar-refractivity contribution < 1.29 is 4.74 Å². The first kappa shape index (κ1) is 14.2. The monoisotopic (exact) mass is 293 g/mol. The summed E-state index contributed by atoms with van der Waals surface area (Å²) in [7, 11) is 1.75. The lowest BCUT2D eigenvalue weighted by Crippen LogP contribution is -2.35. The van der Waals surface area contributed by atoms with Gasteiger partial charge in [0.25, 0.3) is 0 Å². The Morgan fingerprint density at radius 3 is 2.45 bits per heavy atom. The molecule has 1 aliphatic carbocycles. The zero-order valence-electron chi connectivity index (χ0n) is 12.7. The number of hydrogen-bond donors (Lipinski definition) is 1. The zero-order valence-corrected chi connectivity index (χ0v) is 13.5. The van der Waals surface area contributed by atoms with Crippen molar-refractivity contribution in [3.63, 3.8) is 0 Å². The maximum absolute atomic E-state index is 6.69. The molecule has 1 fully saturated rings. The summed E-state index contributed by atoms with van der Waals surface area (Å²) < 4.78 is 5.73. The molecule has 0 bridgehead atoms. The summed E-state index contributed by atoms with van der Waals surface area (Å²) in [5.74, 6) is 0.904. The highest BCUT2D eigenvalue weighted by Crippen LogP contribution is 2.47. The van der Waals surface area contributed by atoms with Crippen molar-refractivity contribution in [1.29, 1.82) is 0 Å². The molecule has 1 aromatic carbocycles. The van der Waals surface area contributed by atoms with E-state index in [9.17, 15) is 0 Å². The van der Waals surface area contributed by atoms with Crippen molar-refractivity contribution in [2.75, 3.05) is 13.7 Å². The Morgan fingerprint density at radius 2 is 1.85 bits per heavy atom. The first-order valence-corrected chi connectivity index (χ1v) is 8.09. The molecule has 0 saturated carbocycles. The van der Waals surface area contributed by atoms with Gasteiger partial charge < -0.3 is 10.1 Å². The lowest BCUT2D eigenvalue weighted by atomic mass is 9.79. The fraction of sp³-hybridized carbons (Fsp3) is 0.647. The van der Waals surface area contributed by atoms with Gasteiger partial charge >= 0.3 is 0 Å². The van der Waals surface area contributed by atoms with Gasteiger partial charge in [0.05, 0.1) is 12.1 Å². The lowest BCUT2D eigenvalue weighted by molar-refractivity contribution is 0.368. The van der Waals surface area contributed by atoms with Crippen molar-refractivity contribution in [2.24, 2.45) is 0 Å². The Labute approximate surface area is 126 Å². The molecule has 20 heavy (non-hydrogen) atoms. The molecule has 1 saturated heterocycles. The van der Waals surface area contributed by atoms with Crippen LogP contribution in [-0.4, -0.2) is 13.7 Å². The molecule has 1 N–H and O–H groups in total. The van der Waals surface area contributed by atoms with Gasteiger partial charge in [-0.1, -0.05) is 11.6 Å². The number of methoxy groups -OCH3 is 1. The van der Waals surface area contributed by atoms with Gasteiger partial charge in [0.1, 0.15) is 5.75 Å². The van der Waals surface area contributed by atoms with Gasteiger partial charge in [-0.2, -0.15) is 0 Å². The Morgan fingerprint density at radius 1 is 1.15 bits per heavy atom. The molecule has 1 atom stereocenters. The first-order valence-electron chi connectivity index (χ1n) is 7.72. The molecule has 1 aromatic rings. The average Bonchev–Trinajstić information content (AvgIpc) is 2.90. The summed E-state index contributed by atoms with van der Waals surface area (Å²) in [6.45, 7) is 5.62. The van der Waals surface area contributed by atoms with Crippen molar-refractivity contribution in [2.45, 2.75) is 57.9 Å². The standard InChI is InChI=1S/C17H24ClNO/c1-11-12-7-4-5-8-13(12)15(18)16(20-3)14(11)17(2)9-6-10-19-17/h19H,4-10H2,1-3H3. The van der Waals surface area contributed by atoms with Crippen LogP contribution < -0.4 is 10.1 Å². The van der Waals surface area contributed by atoms with Crippen molar-refractivity contribution in [3.05, 3.63) is 27.3 Å². The predicted octanol–water partition coefficient (Wildman–Crippen LogP) is 4.13. The molecule has 2 aliphatic rings. The van der Waals surface area contributed by atoms with Gasteiger partial charge in [-0.05, 0) is 75.6 Å².